The van der Waals surface area contributed by atoms with Gasteiger partial charge in [-0.05, 0) is 6.92 Å². The number of hydrogen-bond acceptors (Lipinski definition) is 3. The molecule has 0 saturated carbocycles. The van der Waals surface area contributed by atoms with E-state index < -0.39 is 18.5 Å². The zero-order valence-electron chi connectivity index (χ0n) is 9.96. The molecule has 0 aliphatic rings. The summed E-state index contributed by atoms with van der Waals surface area (Å²) in [6.45, 7) is 2.07. The highest BCUT2D eigenvalue weighted by molar-refractivity contribution is 5.91. The second-order valence-electron chi connectivity index (χ2n) is 3.47. The first-order valence-corrected chi connectivity index (χ1v) is 5.30. The van der Waals surface area contributed by atoms with Crippen molar-refractivity contribution in [3.8, 4) is 12.3 Å². The van der Waals surface area contributed by atoms with Crippen LogP contribution in [0.5, 0.6) is 0 Å². The fraction of sp³-hybridized carbons (Fsp3) is 0.364. The highest BCUT2D eigenvalue weighted by Crippen LogP contribution is 2.06. The number of carbonyl (C=O) groups excluding carboxylic acids is 1. The zero-order chi connectivity index (χ0) is 13.5. The summed E-state index contributed by atoms with van der Waals surface area (Å²) in [6.07, 6.45) is 8.21. The van der Waals surface area contributed by atoms with Gasteiger partial charge in [-0.15, -0.1) is 6.42 Å². The minimum Gasteiger partial charge on any atom is -0.480 e. The van der Waals surface area contributed by atoms with E-state index in [-0.39, 0.29) is 6.54 Å². The summed E-state index contributed by atoms with van der Waals surface area (Å²) < 4.78 is 1.64. The number of terminal acetylenes is 1. The largest absolute Gasteiger partial charge is 0.480 e. The topological polar surface area (TPSA) is 87.5 Å². The molecule has 7 heteroatoms. The van der Waals surface area contributed by atoms with Crippen LogP contribution in [0.3, 0.4) is 0 Å². The molecule has 1 aromatic heterocycles. The molecule has 0 aliphatic carbocycles. The first kappa shape index (κ1) is 13.6. The Balaban J connectivity index is 2.66. The molecule has 2 amide bonds. The van der Waals surface area contributed by atoms with Gasteiger partial charge in [-0.2, -0.15) is 5.10 Å². The Hall–Kier alpha value is -2.49. The lowest BCUT2D eigenvalue weighted by Gasteiger charge is -2.17. The summed E-state index contributed by atoms with van der Waals surface area (Å²) in [4.78, 5) is 23.4. The molecule has 18 heavy (non-hydrogen) atoms. The van der Waals surface area contributed by atoms with E-state index in [9.17, 15) is 9.59 Å². The van der Waals surface area contributed by atoms with Crippen LogP contribution in [0.1, 0.15) is 6.92 Å². The molecule has 1 heterocycles. The Bertz CT molecular complexity index is 475. The molecule has 0 aliphatic heterocycles. The third kappa shape index (κ3) is 3.83. The van der Waals surface area contributed by atoms with Crippen LogP contribution in [-0.2, 0) is 11.3 Å². The van der Waals surface area contributed by atoms with E-state index in [0.717, 1.165) is 4.90 Å². The molecular weight excluding hydrogens is 236 g/mol. The molecule has 1 rings (SSSR count). The van der Waals surface area contributed by atoms with Gasteiger partial charge in [0.2, 0.25) is 0 Å². The lowest BCUT2D eigenvalue weighted by atomic mass is 10.5. The number of aromatic nitrogens is 2. The average molecular weight is 250 g/mol. The fourth-order valence-electron chi connectivity index (χ4n) is 1.28. The smallest absolute Gasteiger partial charge is 0.323 e. The molecule has 0 fully saturated rings. The molecule has 1 aromatic rings. The van der Waals surface area contributed by atoms with Crippen molar-refractivity contribution in [1.29, 1.82) is 0 Å². The molecule has 0 radical (unpaired) electrons. The number of hydrogen-bond donors (Lipinski definition) is 2. The van der Waals surface area contributed by atoms with Crippen molar-refractivity contribution in [3.63, 3.8) is 0 Å². The molecule has 2 N–H and O–H groups in total. The van der Waals surface area contributed by atoms with Gasteiger partial charge in [0, 0.05) is 12.7 Å². The number of aryl methyl sites for hydroxylation is 1. The Labute approximate surface area is 104 Å². The zero-order valence-corrected chi connectivity index (χ0v) is 9.96. The van der Waals surface area contributed by atoms with Crippen molar-refractivity contribution >= 4 is 17.7 Å². The highest BCUT2D eigenvalue weighted by Gasteiger charge is 2.16. The van der Waals surface area contributed by atoms with E-state index in [1.807, 2.05) is 6.92 Å². The minimum absolute atomic E-state index is 0.0694. The van der Waals surface area contributed by atoms with Gasteiger partial charge in [0.05, 0.1) is 18.4 Å². The normalized spacial score (nSPS) is 9.56. The summed E-state index contributed by atoms with van der Waals surface area (Å²) in [6, 6.07) is -0.564. The van der Waals surface area contributed by atoms with Crippen molar-refractivity contribution in [3.05, 3.63) is 12.4 Å². The van der Waals surface area contributed by atoms with Crippen LogP contribution in [0.2, 0.25) is 0 Å². The summed E-state index contributed by atoms with van der Waals surface area (Å²) >= 11 is 0. The Morgan fingerprint density at radius 1 is 1.67 bits per heavy atom. The minimum atomic E-state index is -1.12. The van der Waals surface area contributed by atoms with Gasteiger partial charge in [0.15, 0.2) is 0 Å². The predicted molar refractivity (Wildman–Crippen MR) is 65.0 cm³/mol. The molecule has 7 nitrogen and oxygen atoms in total. The summed E-state index contributed by atoms with van der Waals surface area (Å²) in [7, 11) is 0. The van der Waals surface area contributed by atoms with Gasteiger partial charge in [-0.3, -0.25) is 9.48 Å². The molecule has 0 bridgehead atoms. The molecule has 0 spiro atoms. The quantitative estimate of drug-likeness (QED) is 0.743. The van der Waals surface area contributed by atoms with Crippen LogP contribution in [0, 0.1) is 12.3 Å². The van der Waals surface area contributed by atoms with Crippen molar-refractivity contribution < 1.29 is 14.7 Å². The monoisotopic (exact) mass is 250 g/mol. The number of nitrogens with zero attached hydrogens (tertiary/aromatic N) is 3. The number of rotatable bonds is 5. The van der Waals surface area contributed by atoms with Gasteiger partial charge in [0.25, 0.3) is 0 Å². The third-order valence-corrected chi connectivity index (χ3v) is 2.10. The molecular formula is C11H14N4O3. The van der Waals surface area contributed by atoms with Crippen molar-refractivity contribution in [2.75, 3.05) is 18.4 Å². The first-order chi connectivity index (χ1) is 8.56. The summed E-state index contributed by atoms with van der Waals surface area (Å²) in [5, 5.41) is 15.2. The Morgan fingerprint density at radius 2 is 2.39 bits per heavy atom. The van der Waals surface area contributed by atoms with Crippen molar-refractivity contribution in [2.24, 2.45) is 0 Å². The number of carboxylic acid groups (broad SMARTS) is 1. The van der Waals surface area contributed by atoms with E-state index in [0.29, 0.717) is 12.2 Å². The lowest BCUT2D eigenvalue weighted by molar-refractivity contribution is -0.137. The fourth-order valence-corrected chi connectivity index (χ4v) is 1.28. The average Bonchev–Trinajstić information content (AvgIpc) is 2.75. The van der Waals surface area contributed by atoms with Crippen LogP contribution >= 0.6 is 0 Å². The second-order valence-corrected chi connectivity index (χ2v) is 3.47. The van der Waals surface area contributed by atoms with Gasteiger partial charge in [-0.25, -0.2) is 4.79 Å². The first-order valence-electron chi connectivity index (χ1n) is 5.30. The molecule has 0 unspecified atom stereocenters. The maximum Gasteiger partial charge on any atom is 0.323 e. The summed E-state index contributed by atoms with van der Waals surface area (Å²) in [5.41, 5.74) is 0.495. The standard InChI is InChI=1S/C11H14N4O3/c1-3-5-14(8-10(16)17)11(18)13-9-6-12-15(4-2)7-9/h1,6-7H,4-5,8H2,2H3,(H,13,18)(H,16,17). The molecule has 0 aromatic carbocycles. The van der Waals surface area contributed by atoms with Crippen LogP contribution in [0.25, 0.3) is 0 Å². The second kappa shape index (κ2) is 6.30. The lowest BCUT2D eigenvalue weighted by Crippen LogP contribution is -2.38. The van der Waals surface area contributed by atoms with Crippen LogP contribution < -0.4 is 5.32 Å². The van der Waals surface area contributed by atoms with Gasteiger partial charge >= 0.3 is 12.0 Å². The van der Waals surface area contributed by atoms with Gasteiger partial charge < -0.3 is 15.3 Å². The number of nitrogens with one attached hydrogen (secondary N) is 1. The van der Waals surface area contributed by atoms with Crippen molar-refractivity contribution in [2.45, 2.75) is 13.5 Å². The van der Waals surface area contributed by atoms with Crippen LogP contribution in [-0.4, -0.2) is 44.9 Å². The molecule has 0 atom stereocenters. The third-order valence-electron chi connectivity index (χ3n) is 2.10. The number of carbonyl (C=O) groups is 2. The van der Waals surface area contributed by atoms with Crippen molar-refractivity contribution in [1.82, 2.24) is 14.7 Å². The van der Waals surface area contributed by atoms with Crippen LogP contribution in [0.4, 0.5) is 10.5 Å². The maximum atomic E-state index is 11.8. The Morgan fingerprint density at radius 3 is 2.89 bits per heavy atom. The van der Waals surface area contributed by atoms with Crippen LogP contribution in [0.15, 0.2) is 12.4 Å². The van der Waals surface area contributed by atoms with E-state index in [2.05, 4.69) is 16.3 Å². The van der Waals surface area contributed by atoms with E-state index >= 15 is 0 Å². The number of anilines is 1. The highest BCUT2D eigenvalue weighted by atomic mass is 16.4. The number of aliphatic carboxylic acids is 1. The number of urea groups is 1. The SMILES string of the molecule is C#CCN(CC(=O)O)C(=O)Nc1cnn(CC)c1. The Kier molecular flexibility index (Phi) is 4.75. The maximum absolute atomic E-state index is 11.8. The van der Waals surface area contributed by atoms with E-state index in [1.165, 1.54) is 6.20 Å². The van der Waals surface area contributed by atoms with E-state index in [1.54, 1.807) is 10.9 Å². The van der Waals surface area contributed by atoms with E-state index in [4.69, 9.17) is 11.5 Å². The molecule has 96 valence electrons. The predicted octanol–water partition coefficient (Wildman–Crippen LogP) is 0.455. The van der Waals surface area contributed by atoms with Gasteiger partial charge in [0.1, 0.15) is 6.54 Å². The number of amides is 2. The van der Waals surface area contributed by atoms with Gasteiger partial charge in [-0.1, -0.05) is 5.92 Å². The molecule has 0 saturated heterocycles. The number of carboxylic acids is 1. The summed E-state index contributed by atoms with van der Waals surface area (Å²) in [5.74, 6) is 1.12.